The van der Waals surface area contributed by atoms with Gasteiger partial charge >= 0.3 is 6.16 Å². The fourth-order valence-corrected chi connectivity index (χ4v) is 3.83. The Balaban J connectivity index is 1.68. The minimum Gasteiger partial charge on any atom is -0.451 e. The monoisotopic (exact) mass is 478 g/mol. The summed E-state index contributed by atoms with van der Waals surface area (Å²) in [7, 11) is 0. The van der Waals surface area contributed by atoms with Crippen LogP contribution < -0.4 is 15.5 Å². The first kappa shape index (κ1) is 23.2. The van der Waals surface area contributed by atoms with Crippen molar-refractivity contribution in [1.82, 2.24) is 14.8 Å². The molecule has 1 saturated heterocycles. The molecule has 34 heavy (non-hydrogen) atoms. The number of carbonyl (C=O) groups excluding carboxylic acids is 3. The van der Waals surface area contributed by atoms with Crippen molar-refractivity contribution >= 4 is 18.0 Å². The van der Waals surface area contributed by atoms with Crippen molar-refractivity contribution in [1.29, 1.82) is 0 Å². The highest BCUT2D eigenvalue weighted by Gasteiger charge is 2.43. The van der Waals surface area contributed by atoms with Crippen LogP contribution >= 0.6 is 0 Å². The molecular formula is C21H18F2N3O8. The topological polar surface area (TPSA) is 136 Å². The minimum absolute atomic E-state index is 0.0224. The molecule has 1 aromatic carbocycles. The van der Waals surface area contributed by atoms with E-state index in [0.717, 1.165) is 18.3 Å². The predicted molar refractivity (Wildman–Crippen MR) is 106 cm³/mol. The highest BCUT2D eigenvalue weighted by atomic mass is 19.1. The molecule has 0 saturated carbocycles. The standard InChI is InChI=1S/C21H18F2N3O8/c1-10-8-32-15-7-25-6-13(19(28)24-5-11-2-3-12(22)4-14(11)23)17(27)18(33-9-34-21(30)31)16(25)20(29)26(10)15/h2-4,6,10,15H,5,7-9H2,1H3,(H,24,28)/t10-,15+/m0/s1. The van der Waals surface area contributed by atoms with E-state index in [0.29, 0.717) is 6.07 Å². The van der Waals surface area contributed by atoms with Gasteiger partial charge in [0.2, 0.25) is 18.0 Å². The summed E-state index contributed by atoms with van der Waals surface area (Å²) in [6.07, 6.45) is -1.42. The summed E-state index contributed by atoms with van der Waals surface area (Å²) >= 11 is 0. The highest BCUT2D eigenvalue weighted by molar-refractivity contribution is 5.99. The average molecular weight is 478 g/mol. The lowest BCUT2D eigenvalue weighted by atomic mass is 10.1. The Hall–Kier alpha value is -4.00. The molecule has 2 amide bonds. The molecule has 0 unspecified atom stereocenters. The van der Waals surface area contributed by atoms with Crippen molar-refractivity contribution in [3.8, 4) is 5.75 Å². The van der Waals surface area contributed by atoms with E-state index in [1.807, 2.05) is 0 Å². The molecular weight excluding hydrogens is 460 g/mol. The summed E-state index contributed by atoms with van der Waals surface area (Å²) in [6.45, 7) is 0.763. The quantitative estimate of drug-likeness (QED) is 0.486. The first-order valence-electron chi connectivity index (χ1n) is 10.1. The number of nitrogens with zero attached hydrogens (tertiary/aromatic N) is 2. The molecule has 0 bridgehead atoms. The van der Waals surface area contributed by atoms with Crippen LogP contribution in [0.5, 0.6) is 5.75 Å². The molecule has 4 rings (SSSR count). The Morgan fingerprint density at radius 3 is 2.74 bits per heavy atom. The number of carbonyl (C=O) groups is 3. The van der Waals surface area contributed by atoms with E-state index < -0.39 is 59.4 Å². The Labute approximate surface area is 190 Å². The maximum atomic E-state index is 13.9. The zero-order valence-electron chi connectivity index (χ0n) is 17.7. The fraction of sp³-hybridized carbons (Fsp3) is 0.333. The van der Waals surface area contributed by atoms with E-state index in [-0.39, 0.29) is 37.0 Å². The Bertz CT molecular complexity index is 1230. The second-order valence-corrected chi connectivity index (χ2v) is 7.63. The normalized spacial score (nSPS) is 18.8. The van der Waals surface area contributed by atoms with Crippen LogP contribution in [0.25, 0.3) is 0 Å². The Morgan fingerprint density at radius 1 is 1.26 bits per heavy atom. The van der Waals surface area contributed by atoms with Crippen molar-refractivity contribution in [3.05, 3.63) is 63.1 Å². The van der Waals surface area contributed by atoms with E-state index in [1.54, 1.807) is 6.92 Å². The molecule has 0 aliphatic carbocycles. The molecule has 1 fully saturated rings. The second-order valence-electron chi connectivity index (χ2n) is 7.63. The molecule has 11 nitrogen and oxygen atoms in total. The number of amides is 2. The molecule has 13 heteroatoms. The SMILES string of the molecule is C[C@H]1CO[C@@H]2Cn3cc(C(=O)NCc4ccc(F)cc4F)c(=O)c(OCOC([O])=O)c3C(=O)N12. The molecule has 2 aromatic rings. The van der Waals surface area contributed by atoms with Gasteiger partial charge in [-0.25, -0.2) is 8.78 Å². The number of fused-ring (bicyclic) bond motifs is 2. The van der Waals surface area contributed by atoms with Gasteiger partial charge in [-0.1, -0.05) is 6.07 Å². The summed E-state index contributed by atoms with van der Waals surface area (Å²) in [4.78, 5) is 50.9. The number of nitrogens with one attached hydrogen (secondary N) is 1. The van der Waals surface area contributed by atoms with Crippen LogP contribution in [0.2, 0.25) is 0 Å². The number of ether oxygens (including phenoxy) is 3. The largest absolute Gasteiger partial charge is 0.552 e. The van der Waals surface area contributed by atoms with Crippen LogP contribution in [0, 0.1) is 11.6 Å². The molecule has 1 N–H and O–H groups in total. The van der Waals surface area contributed by atoms with Crippen LogP contribution in [0.1, 0.15) is 33.3 Å². The summed E-state index contributed by atoms with van der Waals surface area (Å²) in [5, 5.41) is 12.9. The van der Waals surface area contributed by atoms with Gasteiger partial charge in [0.25, 0.3) is 11.8 Å². The van der Waals surface area contributed by atoms with Gasteiger partial charge in [0, 0.05) is 24.4 Å². The number of pyridine rings is 1. The average Bonchev–Trinajstić information content (AvgIpc) is 3.15. The third-order valence-electron chi connectivity index (χ3n) is 5.42. The summed E-state index contributed by atoms with van der Waals surface area (Å²) in [6, 6.07) is 2.52. The molecule has 1 aromatic heterocycles. The lowest BCUT2D eigenvalue weighted by Gasteiger charge is -2.34. The second kappa shape index (κ2) is 9.09. The molecule has 2 aliphatic rings. The third kappa shape index (κ3) is 4.29. The van der Waals surface area contributed by atoms with Gasteiger partial charge in [-0.3, -0.25) is 14.4 Å². The van der Waals surface area contributed by atoms with E-state index in [1.165, 1.54) is 9.47 Å². The lowest BCUT2D eigenvalue weighted by Crippen LogP contribution is -2.49. The van der Waals surface area contributed by atoms with E-state index in [2.05, 4.69) is 10.1 Å². The minimum atomic E-state index is -1.92. The zero-order valence-corrected chi connectivity index (χ0v) is 17.7. The van der Waals surface area contributed by atoms with Gasteiger partial charge in [-0.05, 0) is 13.0 Å². The van der Waals surface area contributed by atoms with Gasteiger partial charge in [-0.2, -0.15) is 9.90 Å². The van der Waals surface area contributed by atoms with Crippen LogP contribution in [-0.4, -0.2) is 53.1 Å². The lowest BCUT2D eigenvalue weighted by molar-refractivity contribution is 0.000988. The Kier molecular flexibility index (Phi) is 6.20. The highest BCUT2D eigenvalue weighted by Crippen LogP contribution is 2.30. The van der Waals surface area contributed by atoms with E-state index in [4.69, 9.17) is 9.47 Å². The molecule has 179 valence electrons. The molecule has 1 radical (unpaired) electrons. The van der Waals surface area contributed by atoms with Gasteiger partial charge in [0.1, 0.15) is 17.2 Å². The van der Waals surface area contributed by atoms with Crippen LogP contribution in [-0.2, 0) is 27.7 Å². The van der Waals surface area contributed by atoms with Crippen molar-refractivity contribution in [2.45, 2.75) is 32.3 Å². The first-order valence-corrected chi connectivity index (χ1v) is 10.1. The summed E-state index contributed by atoms with van der Waals surface area (Å²) < 4.78 is 43.2. The van der Waals surface area contributed by atoms with Crippen LogP contribution in [0.15, 0.2) is 29.2 Å². The smallest absolute Gasteiger partial charge is 0.451 e. The van der Waals surface area contributed by atoms with Gasteiger partial charge < -0.3 is 29.0 Å². The van der Waals surface area contributed by atoms with Crippen LogP contribution in [0.4, 0.5) is 13.6 Å². The number of rotatable bonds is 6. The molecule has 2 aliphatic heterocycles. The maximum Gasteiger partial charge on any atom is 0.552 e. The summed E-state index contributed by atoms with van der Waals surface area (Å²) in [5.74, 6) is -3.80. The van der Waals surface area contributed by atoms with Crippen molar-refractivity contribution in [2.24, 2.45) is 0 Å². The number of halogens is 2. The first-order chi connectivity index (χ1) is 16.2. The zero-order chi connectivity index (χ0) is 24.6. The molecule has 0 spiro atoms. The third-order valence-corrected chi connectivity index (χ3v) is 5.42. The van der Waals surface area contributed by atoms with Gasteiger partial charge in [0.05, 0.1) is 19.2 Å². The molecule has 2 atom stereocenters. The van der Waals surface area contributed by atoms with Crippen molar-refractivity contribution < 1.29 is 42.5 Å². The van der Waals surface area contributed by atoms with Crippen LogP contribution in [0.3, 0.4) is 0 Å². The van der Waals surface area contributed by atoms with E-state index >= 15 is 0 Å². The maximum absolute atomic E-state index is 13.9. The number of hydrogen-bond donors (Lipinski definition) is 1. The molecule has 3 heterocycles. The van der Waals surface area contributed by atoms with Crippen molar-refractivity contribution in [3.63, 3.8) is 0 Å². The number of hydrogen-bond acceptors (Lipinski definition) is 7. The Morgan fingerprint density at radius 2 is 2.03 bits per heavy atom. The number of aromatic nitrogens is 1. The fourth-order valence-electron chi connectivity index (χ4n) is 3.83. The summed E-state index contributed by atoms with van der Waals surface area (Å²) in [5.41, 5.74) is -1.70. The van der Waals surface area contributed by atoms with Crippen molar-refractivity contribution in [2.75, 3.05) is 13.4 Å². The van der Waals surface area contributed by atoms with Gasteiger partial charge in [0.15, 0.2) is 11.9 Å². The van der Waals surface area contributed by atoms with Gasteiger partial charge in [-0.15, -0.1) is 0 Å². The number of benzene rings is 1. The van der Waals surface area contributed by atoms with E-state index in [9.17, 15) is 33.1 Å². The predicted octanol–water partition coefficient (Wildman–Crippen LogP) is 1.16.